The van der Waals surface area contributed by atoms with Crippen molar-refractivity contribution in [1.29, 1.82) is 0 Å². The molecule has 0 spiro atoms. The van der Waals surface area contributed by atoms with Crippen molar-refractivity contribution >= 4 is 39.2 Å². The number of halogens is 1. The van der Waals surface area contributed by atoms with Gasteiger partial charge in [-0.1, -0.05) is 42.5 Å². The molecule has 0 aliphatic carbocycles. The molecule has 0 atom stereocenters. The third kappa shape index (κ3) is 5.13. The van der Waals surface area contributed by atoms with Gasteiger partial charge in [0.05, 0.1) is 12.2 Å². The fraction of sp³-hybridized carbons (Fsp3) is 0.176. The standard InChI is InChI=1S/C17H17BrN2O2S/c18-15-9-5-4-8-14(15)16(22)19-17(23)20(10-11-21)12-13-6-2-1-3-7-13/h1-9,21H,10-12H2,(H,19,22,23). The average Bonchev–Trinajstić information content (AvgIpc) is 2.55. The predicted molar refractivity (Wildman–Crippen MR) is 98.1 cm³/mol. The van der Waals surface area contributed by atoms with Crippen LogP contribution in [-0.2, 0) is 6.54 Å². The number of thiocarbonyl (C=S) groups is 1. The fourth-order valence-electron chi connectivity index (χ4n) is 2.07. The Morgan fingerprint density at radius 1 is 1.13 bits per heavy atom. The summed E-state index contributed by atoms with van der Waals surface area (Å²) in [5.41, 5.74) is 1.57. The lowest BCUT2D eigenvalue weighted by Gasteiger charge is -2.24. The molecule has 0 radical (unpaired) electrons. The number of amides is 1. The lowest BCUT2D eigenvalue weighted by atomic mass is 10.2. The molecule has 4 nitrogen and oxygen atoms in total. The molecule has 6 heteroatoms. The zero-order chi connectivity index (χ0) is 16.7. The van der Waals surface area contributed by atoms with E-state index in [1.54, 1.807) is 23.1 Å². The van der Waals surface area contributed by atoms with Crippen LogP contribution in [0.25, 0.3) is 0 Å². The number of aliphatic hydroxyl groups is 1. The number of aliphatic hydroxyl groups excluding tert-OH is 1. The monoisotopic (exact) mass is 392 g/mol. The minimum absolute atomic E-state index is 0.0438. The van der Waals surface area contributed by atoms with Crippen LogP contribution >= 0.6 is 28.1 Å². The molecule has 23 heavy (non-hydrogen) atoms. The number of carbonyl (C=O) groups excluding carboxylic acids is 1. The Balaban J connectivity index is 2.06. The van der Waals surface area contributed by atoms with Crippen LogP contribution in [0, 0.1) is 0 Å². The van der Waals surface area contributed by atoms with E-state index in [0.717, 1.165) is 5.56 Å². The van der Waals surface area contributed by atoms with Crippen molar-refractivity contribution in [3.05, 3.63) is 70.2 Å². The number of rotatable bonds is 5. The highest BCUT2D eigenvalue weighted by atomic mass is 79.9. The summed E-state index contributed by atoms with van der Waals surface area (Å²) in [7, 11) is 0. The van der Waals surface area contributed by atoms with E-state index in [4.69, 9.17) is 12.2 Å². The lowest BCUT2D eigenvalue weighted by molar-refractivity contribution is 0.0971. The number of hydrogen-bond donors (Lipinski definition) is 2. The number of benzene rings is 2. The summed E-state index contributed by atoms with van der Waals surface area (Å²) in [6.45, 7) is 0.832. The van der Waals surface area contributed by atoms with Gasteiger partial charge in [0.1, 0.15) is 0 Å². The molecular weight excluding hydrogens is 376 g/mol. The van der Waals surface area contributed by atoms with Crippen LogP contribution in [0.3, 0.4) is 0 Å². The van der Waals surface area contributed by atoms with E-state index in [9.17, 15) is 9.90 Å². The molecule has 0 aliphatic rings. The summed E-state index contributed by atoms with van der Waals surface area (Å²) in [4.78, 5) is 14.1. The maximum atomic E-state index is 12.3. The maximum Gasteiger partial charge on any atom is 0.258 e. The number of hydrogen-bond acceptors (Lipinski definition) is 3. The Hall–Kier alpha value is -1.76. The van der Waals surface area contributed by atoms with E-state index in [0.29, 0.717) is 28.2 Å². The normalized spacial score (nSPS) is 10.2. The summed E-state index contributed by atoms with van der Waals surface area (Å²) >= 11 is 8.68. The molecule has 0 aromatic heterocycles. The zero-order valence-corrected chi connectivity index (χ0v) is 14.8. The van der Waals surface area contributed by atoms with Gasteiger partial charge >= 0.3 is 0 Å². The van der Waals surface area contributed by atoms with Crippen molar-refractivity contribution in [2.24, 2.45) is 0 Å². The van der Waals surface area contributed by atoms with E-state index >= 15 is 0 Å². The highest BCUT2D eigenvalue weighted by Crippen LogP contribution is 2.15. The molecule has 0 fully saturated rings. The molecule has 120 valence electrons. The Labute approximate surface area is 149 Å². The van der Waals surface area contributed by atoms with Crippen molar-refractivity contribution in [3.8, 4) is 0 Å². The van der Waals surface area contributed by atoms with Crippen molar-refractivity contribution < 1.29 is 9.90 Å². The first-order chi connectivity index (χ1) is 11.1. The quantitative estimate of drug-likeness (QED) is 0.768. The van der Waals surface area contributed by atoms with Gasteiger partial charge in [-0.05, 0) is 45.8 Å². The van der Waals surface area contributed by atoms with Gasteiger partial charge in [0.15, 0.2) is 5.11 Å². The van der Waals surface area contributed by atoms with Gasteiger partial charge in [0.2, 0.25) is 0 Å². The van der Waals surface area contributed by atoms with Crippen LogP contribution in [0.1, 0.15) is 15.9 Å². The first kappa shape index (κ1) is 17.6. The van der Waals surface area contributed by atoms with Gasteiger partial charge in [-0.15, -0.1) is 0 Å². The number of carbonyl (C=O) groups is 1. The van der Waals surface area contributed by atoms with Crippen LogP contribution in [0.15, 0.2) is 59.1 Å². The maximum absolute atomic E-state index is 12.3. The summed E-state index contributed by atoms with van der Waals surface area (Å²) in [5, 5.41) is 12.3. The molecule has 2 aromatic carbocycles. The van der Waals surface area contributed by atoms with Crippen LogP contribution in [0.4, 0.5) is 0 Å². The minimum atomic E-state index is -0.279. The lowest BCUT2D eigenvalue weighted by Crippen LogP contribution is -2.43. The van der Waals surface area contributed by atoms with E-state index in [-0.39, 0.29) is 12.5 Å². The predicted octanol–water partition coefficient (Wildman–Crippen LogP) is 2.96. The van der Waals surface area contributed by atoms with Gasteiger partial charge < -0.3 is 10.0 Å². The topological polar surface area (TPSA) is 52.6 Å². The molecule has 2 rings (SSSR count). The number of nitrogens with zero attached hydrogens (tertiary/aromatic N) is 1. The number of nitrogens with one attached hydrogen (secondary N) is 1. The minimum Gasteiger partial charge on any atom is -0.395 e. The summed E-state index contributed by atoms with van der Waals surface area (Å²) in [5.74, 6) is -0.279. The molecule has 0 bridgehead atoms. The molecule has 1 amide bonds. The van der Waals surface area contributed by atoms with Crippen LogP contribution in [-0.4, -0.2) is 34.2 Å². The highest BCUT2D eigenvalue weighted by Gasteiger charge is 2.15. The second kappa shape index (κ2) is 8.76. The van der Waals surface area contributed by atoms with Gasteiger partial charge in [0.25, 0.3) is 5.91 Å². The van der Waals surface area contributed by atoms with Gasteiger partial charge in [-0.2, -0.15) is 0 Å². The smallest absolute Gasteiger partial charge is 0.258 e. The van der Waals surface area contributed by atoms with Crippen molar-refractivity contribution in [3.63, 3.8) is 0 Å². The van der Waals surface area contributed by atoms with E-state index in [1.807, 2.05) is 36.4 Å². The third-order valence-corrected chi connectivity index (χ3v) is 4.26. The average molecular weight is 393 g/mol. The second-order valence-corrected chi connectivity index (χ2v) is 6.11. The van der Waals surface area contributed by atoms with Gasteiger partial charge in [0, 0.05) is 17.6 Å². The molecule has 2 aromatic rings. The van der Waals surface area contributed by atoms with Crippen molar-refractivity contribution in [2.45, 2.75) is 6.54 Å². The SMILES string of the molecule is O=C(NC(=S)N(CCO)Cc1ccccc1)c1ccccc1Br. The molecule has 0 aliphatic heterocycles. The van der Waals surface area contributed by atoms with Gasteiger partial charge in [-0.3, -0.25) is 10.1 Å². The largest absolute Gasteiger partial charge is 0.395 e. The summed E-state index contributed by atoms with van der Waals surface area (Å²) in [6.07, 6.45) is 0. The van der Waals surface area contributed by atoms with Crippen molar-refractivity contribution in [1.82, 2.24) is 10.2 Å². The summed E-state index contributed by atoms with van der Waals surface area (Å²) < 4.78 is 0.706. The van der Waals surface area contributed by atoms with Crippen LogP contribution in [0.2, 0.25) is 0 Å². The molecule has 0 heterocycles. The Morgan fingerprint density at radius 3 is 2.43 bits per heavy atom. The molecule has 0 saturated carbocycles. The van der Waals surface area contributed by atoms with E-state index < -0.39 is 0 Å². The summed E-state index contributed by atoms with van der Waals surface area (Å²) in [6, 6.07) is 16.9. The molecular formula is C17H17BrN2O2S. The van der Waals surface area contributed by atoms with Gasteiger partial charge in [-0.25, -0.2) is 0 Å². The Morgan fingerprint density at radius 2 is 1.78 bits per heavy atom. The van der Waals surface area contributed by atoms with E-state index in [1.165, 1.54) is 0 Å². The third-order valence-electron chi connectivity index (χ3n) is 3.21. The second-order valence-electron chi connectivity index (χ2n) is 4.87. The fourth-order valence-corrected chi connectivity index (χ4v) is 2.78. The highest BCUT2D eigenvalue weighted by molar-refractivity contribution is 9.10. The first-order valence-electron chi connectivity index (χ1n) is 7.11. The van der Waals surface area contributed by atoms with Crippen LogP contribution < -0.4 is 5.32 Å². The van der Waals surface area contributed by atoms with Crippen molar-refractivity contribution in [2.75, 3.05) is 13.2 Å². The van der Waals surface area contributed by atoms with Crippen LogP contribution in [0.5, 0.6) is 0 Å². The molecule has 2 N–H and O–H groups in total. The zero-order valence-electron chi connectivity index (χ0n) is 12.4. The molecule has 0 unspecified atom stereocenters. The Kier molecular flexibility index (Phi) is 6.70. The first-order valence-corrected chi connectivity index (χ1v) is 8.31. The molecule has 0 saturated heterocycles. The Bertz CT molecular complexity index is 679. The van der Waals surface area contributed by atoms with E-state index in [2.05, 4.69) is 21.2 Å².